The average molecular weight is 428 g/mol. The molecule has 1 unspecified atom stereocenters. The predicted molar refractivity (Wildman–Crippen MR) is 123 cm³/mol. The summed E-state index contributed by atoms with van der Waals surface area (Å²) in [6.45, 7) is 0.566. The third kappa shape index (κ3) is 4.90. The number of benzene rings is 3. The van der Waals surface area contributed by atoms with Crippen molar-refractivity contribution < 1.29 is 14.3 Å². The zero-order chi connectivity index (χ0) is 22.3. The van der Waals surface area contributed by atoms with E-state index in [1.165, 1.54) is 4.90 Å². The van der Waals surface area contributed by atoms with Crippen LogP contribution in [-0.4, -0.2) is 31.5 Å². The van der Waals surface area contributed by atoms with Gasteiger partial charge in [-0.2, -0.15) is 10.2 Å². The Hall–Kier alpha value is -3.84. The second kappa shape index (κ2) is 9.98. The van der Waals surface area contributed by atoms with Gasteiger partial charge in [0.2, 0.25) is 5.91 Å². The van der Waals surface area contributed by atoms with Crippen molar-refractivity contribution in [3.8, 4) is 5.75 Å². The Kier molecular flexibility index (Phi) is 6.67. The molecule has 1 aliphatic heterocycles. The predicted octanol–water partition coefficient (Wildman–Crippen LogP) is 4.57. The van der Waals surface area contributed by atoms with Gasteiger partial charge in [-0.15, -0.1) is 0 Å². The average Bonchev–Trinajstić information content (AvgIpc) is 3.12. The standard InChI is InChI=1S/C25H24N4O3/c1-32-23-10-6-5-7-18(23)15-16-26-22-17-24(30)29(25(22)31)21-13-11-20(12-14-21)28-27-19-8-3-2-4-9-19/h2-14,22,26H,15-17H2,1H3. The van der Waals surface area contributed by atoms with E-state index in [2.05, 4.69) is 15.5 Å². The molecule has 1 N–H and O–H groups in total. The molecule has 0 aromatic heterocycles. The number of carbonyl (C=O) groups is 2. The number of azo groups is 1. The summed E-state index contributed by atoms with van der Waals surface area (Å²) >= 11 is 0. The summed E-state index contributed by atoms with van der Waals surface area (Å²) in [6, 6.07) is 23.6. The first-order chi connectivity index (χ1) is 15.7. The molecule has 0 bridgehead atoms. The van der Waals surface area contributed by atoms with Crippen molar-refractivity contribution in [2.24, 2.45) is 10.2 Å². The fourth-order valence-electron chi connectivity index (χ4n) is 3.63. The molecule has 4 rings (SSSR count). The lowest BCUT2D eigenvalue weighted by atomic mass is 10.1. The minimum Gasteiger partial charge on any atom is -0.496 e. The Morgan fingerprint density at radius 2 is 1.56 bits per heavy atom. The highest BCUT2D eigenvalue weighted by Gasteiger charge is 2.39. The van der Waals surface area contributed by atoms with Gasteiger partial charge >= 0.3 is 0 Å². The van der Waals surface area contributed by atoms with E-state index in [9.17, 15) is 9.59 Å². The van der Waals surface area contributed by atoms with Gasteiger partial charge in [-0.1, -0.05) is 36.4 Å². The van der Waals surface area contributed by atoms with Crippen molar-refractivity contribution in [2.75, 3.05) is 18.6 Å². The molecule has 0 radical (unpaired) electrons. The van der Waals surface area contributed by atoms with Crippen LogP contribution in [0.1, 0.15) is 12.0 Å². The van der Waals surface area contributed by atoms with Crippen LogP contribution in [0.5, 0.6) is 5.75 Å². The number of carbonyl (C=O) groups excluding carboxylic acids is 2. The van der Waals surface area contributed by atoms with E-state index >= 15 is 0 Å². The van der Waals surface area contributed by atoms with E-state index < -0.39 is 6.04 Å². The molecular weight excluding hydrogens is 404 g/mol. The Bertz CT molecular complexity index is 1110. The van der Waals surface area contributed by atoms with Crippen LogP contribution < -0.4 is 15.0 Å². The van der Waals surface area contributed by atoms with Crippen LogP contribution in [0, 0.1) is 0 Å². The quantitative estimate of drug-likeness (QED) is 0.421. The third-order valence-electron chi connectivity index (χ3n) is 5.27. The molecule has 162 valence electrons. The number of para-hydroxylation sites is 1. The van der Waals surface area contributed by atoms with E-state index in [0.29, 0.717) is 24.3 Å². The van der Waals surface area contributed by atoms with Gasteiger partial charge in [-0.3, -0.25) is 9.59 Å². The van der Waals surface area contributed by atoms with Crippen LogP contribution in [0.4, 0.5) is 17.1 Å². The minimum absolute atomic E-state index is 0.139. The molecule has 1 heterocycles. The molecule has 1 saturated heterocycles. The highest BCUT2D eigenvalue weighted by atomic mass is 16.5. The number of imide groups is 1. The van der Waals surface area contributed by atoms with Crippen LogP contribution in [-0.2, 0) is 16.0 Å². The number of hydrogen-bond acceptors (Lipinski definition) is 6. The number of nitrogens with zero attached hydrogens (tertiary/aromatic N) is 3. The van der Waals surface area contributed by atoms with Crippen molar-refractivity contribution >= 4 is 28.9 Å². The topological polar surface area (TPSA) is 83.4 Å². The summed E-state index contributed by atoms with van der Waals surface area (Å²) < 4.78 is 5.36. The van der Waals surface area contributed by atoms with Crippen molar-refractivity contribution in [3.05, 3.63) is 84.4 Å². The molecule has 7 heteroatoms. The Morgan fingerprint density at radius 1 is 0.906 bits per heavy atom. The molecular formula is C25H24N4O3. The van der Waals surface area contributed by atoms with Gasteiger partial charge in [-0.05, 0) is 54.4 Å². The fraction of sp³-hybridized carbons (Fsp3) is 0.200. The van der Waals surface area contributed by atoms with Gasteiger partial charge < -0.3 is 10.1 Å². The van der Waals surface area contributed by atoms with E-state index in [1.54, 1.807) is 31.4 Å². The van der Waals surface area contributed by atoms with Gasteiger partial charge in [0.15, 0.2) is 0 Å². The van der Waals surface area contributed by atoms with Crippen molar-refractivity contribution in [2.45, 2.75) is 18.9 Å². The molecule has 1 atom stereocenters. The van der Waals surface area contributed by atoms with Crippen LogP contribution in [0.15, 0.2) is 89.1 Å². The summed E-state index contributed by atoms with van der Waals surface area (Å²) in [5, 5.41) is 11.6. The van der Waals surface area contributed by atoms with Gasteiger partial charge in [0.25, 0.3) is 5.91 Å². The Labute approximate surface area is 186 Å². The normalized spacial score (nSPS) is 16.2. The molecule has 3 aromatic carbocycles. The summed E-state index contributed by atoms with van der Waals surface area (Å²) in [4.78, 5) is 26.6. The Morgan fingerprint density at radius 3 is 2.28 bits per heavy atom. The lowest BCUT2D eigenvalue weighted by Crippen LogP contribution is -2.39. The van der Waals surface area contributed by atoms with E-state index in [-0.39, 0.29) is 18.2 Å². The maximum Gasteiger partial charge on any atom is 0.251 e. The smallest absolute Gasteiger partial charge is 0.251 e. The van der Waals surface area contributed by atoms with Crippen molar-refractivity contribution in [3.63, 3.8) is 0 Å². The molecule has 32 heavy (non-hydrogen) atoms. The second-order valence-corrected chi connectivity index (χ2v) is 7.39. The summed E-state index contributed by atoms with van der Waals surface area (Å²) in [5.41, 5.74) is 2.98. The first kappa shape index (κ1) is 21.4. The highest BCUT2D eigenvalue weighted by molar-refractivity contribution is 6.22. The van der Waals surface area contributed by atoms with E-state index in [0.717, 1.165) is 17.0 Å². The van der Waals surface area contributed by atoms with Crippen LogP contribution in [0.25, 0.3) is 0 Å². The van der Waals surface area contributed by atoms with Gasteiger partial charge in [0.05, 0.1) is 36.6 Å². The number of rotatable bonds is 8. The van der Waals surface area contributed by atoms with Gasteiger partial charge in [0, 0.05) is 6.54 Å². The van der Waals surface area contributed by atoms with Crippen molar-refractivity contribution in [1.82, 2.24) is 5.32 Å². The lowest BCUT2D eigenvalue weighted by molar-refractivity contribution is -0.121. The first-order valence-corrected chi connectivity index (χ1v) is 10.4. The SMILES string of the molecule is COc1ccccc1CCNC1CC(=O)N(c2ccc(N=Nc3ccccc3)cc2)C1=O. The molecule has 1 fully saturated rings. The molecule has 7 nitrogen and oxygen atoms in total. The number of amides is 2. The van der Waals surface area contributed by atoms with Crippen molar-refractivity contribution in [1.29, 1.82) is 0 Å². The fourth-order valence-corrected chi connectivity index (χ4v) is 3.63. The number of anilines is 1. The van der Waals surface area contributed by atoms with Gasteiger partial charge in [0.1, 0.15) is 5.75 Å². The minimum atomic E-state index is -0.533. The number of nitrogens with one attached hydrogen (secondary N) is 1. The van der Waals surface area contributed by atoms with E-state index in [1.807, 2.05) is 54.6 Å². The largest absolute Gasteiger partial charge is 0.496 e. The maximum atomic E-state index is 12.9. The summed E-state index contributed by atoms with van der Waals surface area (Å²) in [7, 11) is 1.64. The molecule has 1 aliphatic rings. The monoisotopic (exact) mass is 428 g/mol. The van der Waals surface area contributed by atoms with Crippen LogP contribution in [0.2, 0.25) is 0 Å². The lowest BCUT2D eigenvalue weighted by Gasteiger charge is -2.16. The van der Waals surface area contributed by atoms with Crippen LogP contribution >= 0.6 is 0 Å². The third-order valence-corrected chi connectivity index (χ3v) is 5.27. The van der Waals surface area contributed by atoms with Crippen LogP contribution in [0.3, 0.4) is 0 Å². The molecule has 0 saturated carbocycles. The summed E-state index contributed by atoms with van der Waals surface area (Å²) in [5.74, 6) is 0.353. The zero-order valence-corrected chi connectivity index (χ0v) is 17.8. The molecule has 3 aromatic rings. The molecule has 0 spiro atoms. The second-order valence-electron chi connectivity index (χ2n) is 7.39. The maximum absolute atomic E-state index is 12.9. The molecule has 0 aliphatic carbocycles. The highest BCUT2D eigenvalue weighted by Crippen LogP contribution is 2.26. The number of ether oxygens (including phenoxy) is 1. The summed E-state index contributed by atoms with van der Waals surface area (Å²) in [6.07, 6.45) is 0.837. The number of hydrogen-bond donors (Lipinski definition) is 1. The Balaban J connectivity index is 1.36. The van der Waals surface area contributed by atoms with Gasteiger partial charge in [-0.25, -0.2) is 4.90 Å². The van der Waals surface area contributed by atoms with E-state index in [4.69, 9.17) is 4.74 Å². The molecule has 2 amide bonds. The first-order valence-electron chi connectivity index (χ1n) is 10.4. The zero-order valence-electron chi connectivity index (χ0n) is 17.8. The number of methoxy groups -OCH3 is 1.